The van der Waals surface area contributed by atoms with Gasteiger partial charge in [-0.05, 0) is 30.7 Å². The van der Waals surface area contributed by atoms with Crippen LogP contribution in [0.1, 0.15) is 16.5 Å². The molecule has 5 rings (SSSR count). The molecule has 1 atom stereocenters. The third-order valence-corrected chi connectivity index (χ3v) is 5.54. The molecule has 1 aromatic heterocycles. The molecule has 3 aromatic carbocycles. The van der Waals surface area contributed by atoms with Gasteiger partial charge in [0.05, 0.1) is 16.7 Å². The van der Waals surface area contributed by atoms with E-state index in [2.05, 4.69) is 53.6 Å². The number of rotatable bonds is 2. The molecule has 0 aliphatic carbocycles. The summed E-state index contributed by atoms with van der Waals surface area (Å²) in [5, 5.41) is 11.5. The minimum atomic E-state index is -0.0361. The molecule has 0 spiro atoms. The highest BCUT2D eigenvalue weighted by atomic mass is 32.2. The van der Waals surface area contributed by atoms with Gasteiger partial charge in [-0.15, -0.1) is 5.11 Å². The van der Waals surface area contributed by atoms with Gasteiger partial charge in [-0.3, -0.25) is 0 Å². The maximum Gasteiger partial charge on any atom is 0.211 e. The second-order valence-corrected chi connectivity index (χ2v) is 7.54. The van der Waals surface area contributed by atoms with E-state index in [-0.39, 0.29) is 5.37 Å². The number of azo groups is 1. The van der Waals surface area contributed by atoms with Gasteiger partial charge in [0, 0.05) is 10.8 Å². The fourth-order valence-corrected chi connectivity index (χ4v) is 4.07. The highest BCUT2D eigenvalue weighted by molar-refractivity contribution is 8.14. The van der Waals surface area contributed by atoms with Gasteiger partial charge in [-0.2, -0.15) is 5.11 Å². The van der Waals surface area contributed by atoms with Crippen LogP contribution in [0.25, 0.3) is 21.8 Å². The summed E-state index contributed by atoms with van der Waals surface area (Å²) < 4.78 is 0. The van der Waals surface area contributed by atoms with Crippen molar-refractivity contribution in [3.05, 3.63) is 83.9 Å². The molecule has 0 amide bonds. The SMILES string of the molecule is Cc1ccc2nc3ccccc3c(N=C3N=NC(c4ccccc4)S3)c2c1. The Kier molecular flexibility index (Phi) is 3.94. The van der Waals surface area contributed by atoms with E-state index in [1.807, 2.05) is 36.4 Å². The minimum absolute atomic E-state index is 0.0361. The smallest absolute Gasteiger partial charge is 0.211 e. The van der Waals surface area contributed by atoms with Crippen molar-refractivity contribution in [3.63, 3.8) is 0 Å². The van der Waals surface area contributed by atoms with Gasteiger partial charge >= 0.3 is 0 Å². The summed E-state index contributed by atoms with van der Waals surface area (Å²) in [5.41, 5.74) is 5.11. The topological polar surface area (TPSA) is 50.0 Å². The van der Waals surface area contributed by atoms with Crippen molar-refractivity contribution in [2.75, 3.05) is 0 Å². The Morgan fingerprint density at radius 3 is 2.52 bits per heavy atom. The molecular weight excluding hydrogens is 352 g/mol. The summed E-state index contributed by atoms with van der Waals surface area (Å²) in [5.74, 6) is 0. The van der Waals surface area contributed by atoms with Gasteiger partial charge in [0.15, 0.2) is 0 Å². The zero-order valence-electron chi connectivity index (χ0n) is 14.7. The lowest BCUT2D eigenvalue weighted by atomic mass is 10.1. The number of aryl methyl sites for hydroxylation is 1. The van der Waals surface area contributed by atoms with Crippen molar-refractivity contribution < 1.29 is 0 Å². The molecule has 130 valence electrons. The maximum absolute atomic E-state index is 4.91. The Balaban J connectivity index is 1.65. The molecule has 1 aliphatic heterocycles. The average molecular weight is 368 g/mol. The van der Waals surface area contributed by atoms with Crippen molar-refractivity contribution >= 4 is 44.4 Å². The Morgan fingerprint density at radius 1 is 0.852 bits per heavy atom. The second kappa shape index (κ2) is 6.59. The Hall–Kier alpha value is -3.05. The molecule has 0 bridgehead atoms. The molecule has 0 saturated carbocycles. The van der Waals surface area contributed by atoms with Crippen LogP contribution in [0.5, 0.6) is 0 Å². The van der Waals surface area contributed by atoms with E-state index in [1.165, 1.54) is 5.56 Å². The minimum Gasteiger partial charge on any atom is -0.248 e. The molecule has 5 heteroatoms. The Morgan fingerprint density at radius 2 is 1.63 bits per heavy atom. The van der Waals surface area contributed by atoms with Crippen LogP contribution in [0.3, 0.4) is 0 Å². The number of hydrogen-bond donors (Lipinski definition) is 0. The molecule has 1 unspecified atom stereocenters. The first kappa shape index (κ1) is 16.1. The molecule has 2 heterocycles. The van der Waals surface area contributed by atoms with Crippen LogP contribution >= 0.6 is 11.8 Å². The van der Waals surface area contributed by atoms with Gasteiger partial charge in [-0.25, -0.2) is 9.98 Å². The standard InChI is InChI=1S/C22H16N4S/c1-14-11-12-19-17(13-14)20(16-9-5-6-10-18(16)23-19)24-22-26-25-21(27-22)15-7-3-2-4-8-15/h2-13,21H,1H3. The quantitative estimate of drug-likeness (QED) is 0.375. The normalized spacial score (nSPS) is 18.0. The number of aliphatic imine (C=N–C) groups is 1. The second-order valence-electron chi connectivity index (χ2n) is 6.49. The zero-order valence-corrected chi connectivity index (χ0v) is 15.5. The summed E-state index contributed by atoms with van der Waals surface area (Å²) in [6.07, 6.45) is 0. The largest absolute Gasteiger partial charge is 0.248 e. The molecular formula is C22H16N4S. The number of thioether (sulfide) groups is 1. The number of para-hydroxylation sites is 1. The summed E-state index contributed by atoms with van der Waals surface area (Å²) in [7, 11) is 0. The van der Waals surface area contributed by atoms with Crippen molar-refractivity contribution in [1.29, 1.82) is 0 Å². The van der Waals surface area contributed by atoms with Crippen molar-refractivity contribution in [2.24, 2.45) is 15.2 Å². The third kappa shape index (κ3) is 3.00. The number of hydrogen-bond acceptors (Lipinski definition) is 4. The van der Waals surface area contributed by atoms with Gasteiger partial charge in [0.2, 0.25) is 5.17 Å². The van der Waals surface area contributed by atoms with E-state index in [4.69, 9.17) is 9.98 Å². The molecule has 0 saturated heterocycles. The summed E-state index contributed by atoms with van der Waals surface area (Å²) in [4.78, 5) is 9.70. The maximum atomic E-state index is 4.91. The molecule has 0 fully saturated rings. The summed E-state index contributed by atoms with van der Waals surface area (Å²) in [6, 6.07) is 24.6. The first-order valence-corrected chi connectivity index (χ1v) is 9.66. The van der Waals surface area contributed by atoms with Crippen LogP contribution < -0.4 is 0 Å². The van der Waals surface area contributed by atoms with Gasteiger partial charge < -0.3 is 0 Å². The predicted octanol–water partition coefficient (Wildman–Crippen LogP) is 6.58. The summed E-state index contributed by atoms with van der Waals surface area (Å²) in [6.45, 7) is 2.08. The van der Waals surface area contributed by atoms with Crippen molar-refractivity contribution in [1.82, 2.24) is 4.98 Å². The van der Waals surface area contributed by atoms with E-state index in [9.17, 15) is 0 Å². The molecule has 1 aliphatic rings. The lowest BCUT2D eigenvalue weighted by Crippen LogP contribution is -1.89. The van der Waals surface area contributed by atoms with E-state index in [0.29, 0.717) is 5.17 Å². The number of amidine groups is 1. The number of nitrogens with zero attached hydrogens (tertiary/aromatic N) is 4. The van der Waals surface area contributed by atoms with Crippen LogP contribution in [0, 0.1) is 6.92 Å². The van der Waals surface area contributed by atoms with Crippen LogP contribution in [0.2, 0.25) is 0 Å². The Bertz CT molecular complexity index is 1220. The number of pyridine rings is 1. The summed E-state index contributed by atoms with van der Waals surface area (Å²) >= 11 is 1.58. The van der Waals surface area contributed by atoms with E-state index in [0.717, 1.165) is 33.1 Å². The lowest BCUT2D eigenvalue weighted by Gasteiger charge is -2.08. The fourth-order valence-electron chi connectivity index (χ4n) is 3.25. The van der Waals surface area contributed by atoms with Gasteiger partial charge in [0.1, 0.15) is 5.37 Å². The predicted molar refractivity (Wildman–Crippen MR) is 113 cm³/mol. The van der Waals surface area contributed by atoms with Crippen molar-refractivity contribution in [2.45, 2.75) is 12.3 Å². The van der Waals surface area contributed by atoms with Crippen LogP contribution in [0.15, 0.2) is 88.0 Å². The van der Waals surface area contributed by atoms with Gasteiger partial charge in [0.25, 0.3) is 0 Å². The zero-order chi connectivity index (χ0) is 18.2. The van der Waals surface area contributed by atoms with E-state index in [1.54, 1.807) is 11.8 Å². The van der Waals surface area contributed by atoms with E-state index < -0.39 is 0 Å². The number of aromatic nitrogens is 1. The fraction of sp³-hybridized carbons (Fsp3) is 0.0909. The third-order valence-electron chi connectivity index (χ3n) is 4.56. The average Bonchev–Trinajstić information content (AvgIpc) is 3.18. The molecule has 4 aromatic rings. The monoisotopic (exact) mass is 368 g/mol. The van der Waals surface area contributed by atoms with E-state index >= 15 is 0 Å². The molecule has 0 N–H and O–H groups in total. The lowest BCUT2D eigenvalue weighted by molar-refractivity contribution is 0.971. The first-order valence-electron chi connectivity index (χ1n) is 8.78. The molecule has 4 nitrogen and oxygen atoms in total. The van der Waals surface area contributed by atoms with Crippen LogP contribution in [0.4, 0.5) is 5.69 Å². The number of fused-ring (bicyclic) bond motifs is 2. The molecule has 0 radical (unpaired) electrons. The van der Waals surface area contributed by atoms with Crippen LogP contribution in [-0.2, 0) is 0 Å². The van der Waals surface area contributed by atoms with Gasteiger partial charge in [-0.1, -0.05) is 71.9 Å². The highest BCUT2D eigenvalue weighted by Crippen LogP contribution is 2.40. The first-order chi connectivity index (χ1) is 13.3. The highest BCUT2D eigenvalue weighted by Gasteiger charge is 2.21. The van der Waals surface area contributed by atoms with Crippen LogP contribution in [-0.4, -0.2) is 10.2 Å². The molecule has 27 heavy (non-hydrogen) atoms. The Labute approximate surface area is 161 Å². The van der Waals surface area contributed by atoms with Crippen molar-refractivity contribution in [3.8, 4) is 0 Å². The number of benzene rings is 3.